The van der Waals surface area contributed by atoms with E-state index < -0.39 is 29.5 Å². The lowest BCUT2D eigenvalue weighted by Crippen LogP contribution is -2.48. The second-order valence-corrected chi connectivity index (χ2v) is 4.52. The van der Waals surface area contributed by atoms with Crippen LogP contribution < -0.4 is 5.32 Å². The summed E-state index contributed by atoms with van der Waals surface area (Å²) in [6.07, 6.45) is -0.476. The number of carbonyl (C=O) groups excluding carboxylic acids is 1. The van der Waals surface area contributed by atoms with Crippen molar-refractivity contribution in [2.24, 2.45) is 0 Å². The number of aromatic carboxylic acids is 1. The molecule has 0 aromatic heterocycles. The number of aliphatic hydroxyl groups excluding tert-OH is 1. The Morgan fingerprint density at radius 1 is 1.48 bits per heavy atom. The standard InChI is InChI=1S/C13H15FN2O5/c14-9-2-1-3-10(11(9)12(18)19)15-13(20)16-4-5-21-8(6-16)7-17/h1-3,8,17H,4-7H2,(H,15,20)(H,18,19). The van der Waals surface area contributed by atoms with Crippen LogP contribution in [0.3, 0.4) is 0 Å². The monoisotopic (exact) mass is 298 g/mol. The van der Waals surface area contributed by atoms with E-state index in [-0.39, 0.29) is 25.4 Å². The first kappa shape index (κ1) is 15.2. The molecule has 2 amide bonds. The van der Waals surface area contributed by atoms with Crippen LogP contribution >= 0.6 is 0 Å². The van der Waals surface area contributed by atoms with Gasteiger partial charge in [0.1, 0.15) is 11.4 Å². The number of carbonyl (C=O) groups is 2. The number of halogens is 1. The molecule has 1 aromatic carbocycles. The smallest absolute Gasteiger partial charge is 0.340 e. The van der Waals surface area contributed by atoms with Gasteiger partial charge in [0, 0.05) is 6.54 Å². The minimum absolute atomic E-state index is 0.112. The lowest BCUT2D eigenvalue weighted by molar-refractivity contribution is -0.0388. The summed E-state index contributed by atoms with van der Waals surface area (Å²) in [5, 5.41) is 20.4. The number of ether oxygens (including phenoxy) is 1. The van der Waals surface area contributed by atoms with Crippen LogP contribution in [0.25, 0.3) is 0 Å². The van der Waals surface area contributed by atoms with Crippen LogP contribution in [0, 0.1) is 5.82 Å². The molecule has 1 aliphatic heterocycles. The number of benzene rings is 1. The maximum atomic E-state index is 13.5. The highest BCUT2D eigenvalue weighted by molar-refractivity contribution is 6.00. The average Bonchev–Trinajstić information content (AvgIpc) is 2.47. The van der Waals surface area contributed by atoms with E-state index in [0.717, 1.165) is 6.07 Å². The zero-order valence-corrected chi connectivity index (χ0v) is 11.1. The summed E-state index contributed by atoms with van der Waals surface area (Å²) in [5.74, 6) is -2.38. The van der Waals surface area contributed by atoms with Gasteiger partial charge in [0.25, 0.3) is 0 Å². The Morgan fingerprint density at radius 2 is 2.24 bits per heavy atom. The molecule has 0 aliphatic carbocycles. The van der Waals surface area contributed by atoms with E-state index in [9.17, 15) is 14.0 Å². The van der Waals surface area contributed by atoms with Crippen molar-refractivity contribution in [3.63, 3.8) is 0 Å². The van der Waals surface area contributed by atoms with Crippen LogP contribution in [0.2, 0.25) is 0 Å². The summed E-state index contributed by atoms with van der Waals surface area (Å²) in [6, 6.07) is 3.07. The number of aliphatic hydroxyl groups is 1. The summed E-state index contributed by atoms with van der Waals surface area (Å²) in [6.45, 7) is 0.539. The van der Waals surface area contributed by atoms with Gasteiger partial charge in [-0.25, -0.2) is 14.0 Å². The minimum Gasteiger partial charge on any atom is -0.478 e. The molecule has 1 aromatic rings. The predicted octanol–water partition coefficient (Wildman–Crippen LogP) is 0.749. The fourth-order valence-electron chi connectivity index (χ4n) is 2.05. The van der Waals surface area contributed by atoms with Crippen molar-refractivity contribution in [1.82, 2.24) is 4.90 Å². The molecule has 7 nitrogen and oxygen atoms in total. The molecule has 0 radical (unpaired) electrons. The second kappa shape index (κ2) is 6.51. The summed E-state index contributed by atoms with van der Waals surface area (Å²) < 4.78 is 18.7. The van der Waals surface area contributed by atoms with Gasteiger partial charge in [-0.05, 0) is 12.1 Å². The number of carboxylic acid groups (broad SMARTS) is 1. The first-order valence-corrected chi connectivity index (χ1v) is 6.33. The van der Waals surface area contributed by atoms with E-state index in [2.05, 4.69) is 5.32 Å². The molecule has 1 unspecified atom stereocenters. The molecule has 1 atom stereocenters. The molecule has 114 valence electrons. The molecule has 3 N–H and O–H groups in total. The lowest BCUT2D eigenvalue weighted by atomic mass is 10.1. The summed E-state index contributed by atoms with van der Waals surface area (Å²) in [7, 11) is 0. The number of rotatable bonds is 3. The van der Waals surface area contributed by atoms with Gasteiger partial charge in [0.15, 0.2) is 0 Å². The Hall–Kier alpha value is -2.19. The van der Waals surface area contributed by atoms with Gasteiger partial charge < -0.3 is 25.2 Å². The molecule has 0 spiro atoms. The molecule has 2 rings (SSSR count). The van der Waals surface area contributed by atoms with Crippen molar-refractivity contribution in [3.05, 3.63) is 29.6 Å². The molecule has 21 heavy (non-hydrogen) atoms. The fraction of sp³-hybridized carbons (Fsp3) is 0.385. The Labute approximate surface area is 119 Å². The predicted molar refractivity (Wildman–Crippen MR) is 70.8 cm³/mol. The summed E-state index contributed by atoms with van der Waals surface area (Å²) in [5.41, 5.74) is -0.697. The highest BCUT2D eigenvalue weighted by Crippen LogP contribution is 2.20. The second-order valence-electron chi connectivity index (χ2n) is 4.52. The van der Waals surface area contributed by atoms with Crippen molar-refractivity contribution >= 4 is 17.7 Å². The van der Waals surface area contributed by atoms with E-state index in [1.165, 1.54) is 17.0 Å². The number of amides is 2. The van der Waals surface area contributed by atoms with Gasteiger partial charge in [-0.3, -0.25) is 0 Å². The van der Waals surface area contributed by atoms with Crippen molar-refractivity contribution in [2.45, 2.75) is 6.10 Å². The van der Waals surface area contributed by atoms with Crippen LogP contribution in [0.5, 0.6) is 0 Å². The van der Waals surface area contributed by atoms with Gasteiger partial charge in [0.05, 0.1) is 31.5 Å². The summed E-state index contributed by atoms with van der Waals surface area (Å²) >= 11 is 0. The molecular formula is C13H15FN2O5. The van der Waals surface area contributed by atoms with E-state index >= 15 is 0 Å². The topological polar surface area (TPSA) is 99.1 Å². The zero-order chi connectivity index (χ0) is 15.4. The SMILES string of the molecule is O=C(O)c1c(F)cccc1NC(=O)N1CCOC(CO)C1. The third-order valence-electron chi connectivity index (χ3n) is 3.10. The third-order valence-corrected chi connectivity index (χ3v) is 3.10. The molecule has 1 fully saturated rings. The van der Waals surface area contributed by atoms with Crippen molar-refractivity contribution < 1.29 is 28.9 Å². The number of nitrogens with zero attached hydrogens (tertiary/aromatic N) is 1. The molecule has 1 aliphatic rings. The van der Waals surface area contributed by atoms with Crippen molar-refractivity contribution in [2.75, 3.05) is 31.6 Å². The number of hydrogen-bond acceptors (Lipinski definition) is 4. The van der Waals surface area contributed by atoms with E-state index in [0.29, 0.717) is 6.54 Å². The van der Waals surface area contributed by atoms with Crippen LogP contribution in [0.4, 0.5) is 14.9 Å². The largest absolute Gasteiger partial charge is 0.478 e. The number of nitrogens with one attached hydrogen (secondary N) is 1. The zero-order valence-electron chi connectivity index (χ0n) is 11.1. The highest BCUT2D eigenvalue weighted by atomic mass is 19.1. The summed E-state index contributed by atoms with van der Waals surface area (Å²) in [4.78, 5) is 24.5. The normalized spacial score (nSPS) is 18.4. The van der Waals surface area contributed by atoms with Gasteiger partial charge in [-0.1, -0.05) is 6.07 Å². The number of urea groups is 1. The number of hydrogen-bond donors (Lipinski definition) is 3. The van der Waals surface area contributed by atoms with Crippen LogP contribution in [0.1, 0.15) is 10.4 Å². The fourth-order valence-corrected chi connectivity index (χ4v) is 2.05. The van der Waals surface area contributed by atoms with Crippen LogP contribution in [-0.2, 0) is 4.74 Å². The van der Waals surface area contributed by atoms with Crippen LogP contribution in [-0.4, -0.2) is 59.5 Å². The van der Waals surface area contributed by atoms with Gasteiger partial charge in [-0.2, -0.15) is 0 Å². The van der Waals surface area contributed by atoms with Crippen molar-refractivity contribution in [3.8, 4) is 0 Å². The van der Waals surface area contributed by atoms with Crippen LogP contribution in [0.15, 0.2) is 18.2 Å². The molecule has 1 heterocycles. The number of carboxylic acids is 1. The Bertz CT molecular complexity index is 551. The quantitative estimate of drug-likeness (QED) is 0.764. The number of morpholine rings is 1. The van der Waals surface area contributed by atoms with E-state index in [1.54, 1.807) is 0 Å². The number of anilines is 1. The Kier molecular flexibility index (Phi) is 4.71. The van der Waals surface area contributed by atoms with Crippen molar-refractivity contribution in [1.29, 1.82) is 0 Å². The molecular weight excluding hydrogens is 283 g/mol. The molecule has 0 bridgehead atoms. The molecule has 1 saturated heterocycles. The molecule has 0 saturated carbocycles. The first-order chi connectivity index (χ1) is 10.0. The Morgan fingerprint density at radius 3 is 2.90 bits per heavy atom. The maximum Gasteiger partial charge on any atom is 0.340 e. The lowest BCUT2D eigenvalue weighted by Gasteiger charge is -2.32. The third kappa shape index (κ3) is 3.47. The van der Waals surface area contributed by atoms with E-state index in [4.69, 9.17) is 14.9 Å². The van der Waals surface area contributed by atoms with E-state index in [1.807, 2.05) is 0 Å². The highest BCUT2D eigenvalue weighted by Gasteiger charge is 2.25. The van der Waals surface area contributed by atoms with Gasteiger partial charge in [-0.15, -0.1) is 0 Å². The van der Waals surface area contributed by atoms with Gasteiger partial charge in [0.2, 0.25) is 0 Å². The average molecular weight is 298 g/mol. The molecule has 8 heteroatoms. The first-order valence-electron chi connectivity index (χ1n) is 6.33. The van der Waals surface area contributed by atoms with Gasteiger partial charge >= 0.3 is 12.0 Å². The maximum absolute atomic E-state index is 13.5. The minimum atomic E-state index is -1.46. The Balaban J connectivity index is 2.13.